The number of hydrogen-bond acceptors (Lipinski definition) is 4. The molecular formula is C14H28N2O3. The lowest BCUT2D eigenvalue weighted by Gasteiger charge is -2.38. The van der Waals surface area contributed by atoms with E-state index in [1.54, 1.807) is 14.0 Å². The molecule has 1 atom stereocenters. The van der Waals surface area contributed by atoms with Crippen LogP contribution < -0.4 is 11.1 Å². The van der Waals surface area contributed by atoms with E-state index in [9.17, 15) is 4.79 Å². The molecule has 0 bridgehead atoms. The van der Waals surface area contributed by atoms with Crippen LogP contribution in [0.4, 0.5) is 0 Å². The third-order valence-electron chi connectivity index (χ3n) is 3.76. The van der Waals surface area contributed by atoms with E-state index in [-0.39, 0.29) is 11.5 Å². The molecule has 1 fully saturated rings. The molecule has 0 aromatic rings. The Balaban J connectivity index is 2.34. The van der Waals surface area contributed by atoms with Gasteiger partial charge in [-0.05, 0) is 26.2 Å². The Bertz CT molecular complexity index is 265. The molecule has 1 unspecified atom stereocenters. The molecule has 0 heterocycles. The molecule has 112 valence electrons. The molecule has 19 heavy (non-hydrogen) atoms. The van der Waals surface area contributed by atoms with Crippen molar-refractivity contribution in [1.29, 1.82) is 0 Å². The summed E-state index contributed by atoms with van der Waals surface area (Å²) in [6.45, 7) is 3.57. The van der Waals surface area contributed by atoms with Crippen LogP contribution in [0.25, 0.3) is 0 Å². The standard InChI is InChI=1S/C14H28N2O3/c1-12(13(17)16-9-6-10-18-2)19-14(11-15)7-4-3-5-8-14/h12H,3-11,15H2,1-2H3,(H,16,17). The zero-order valence-corrected chi connectivity index (χ0v) is 12.2. The van der Waals surface area contributed by atoms with Crippen LogP contribution in [0.2, 0.25) is 0 Å². The molecular weight excluding hydrogens is 244 g/mol. The monoisotopic (exact) mass is 272 g/mol. The van der Waals surface area contributed by atoms with Gasteiger partial charge < -0.3 is 20.5 Å². The molecule has 0 aromatic carbocycles. The average Bonchev–Trinajstić information content (AvgIpc) is 2.44. The van der Waals surface area contributed by atoms with Crippen LogP contribution in [0.1, 0.15) is 45.4 Å². The SMILES string of the molecule is COCCCNC(=O)C(C)OC1(CN)CCCCC1. The van der Waals surface area contributed by atoms with E-state index >= 15 is 0 Å². The summed E-state index contributed by atoms with van der Waals surface area (Å²) in [6, 6.07) is 0. The van der Waals surface area contributed by atoms with Gasteiger partial charge in [-0.1, -0.05) is 19.3 Å². The zero-order valence-electron chi connectivity index (χ0n) is 12.2. The number of rotatable bonds is 8. The maximum atomic E-state index is 11.9. The van der Waals surface area contributed by atoms with Crippen molar-refractivity contribution in [1.82, 2.24) is 5.32 Å². The molecule has 0 aromatic heterocycles. The highest BCUT2D eigenvalue weighted by Gasteiger charge is 2.34. The number of carbonyl (C=O) groups excluding carboxylic acids is 1. The Labute approximate surface area is 116 Å². The highest BCUT2D eigenvalue weighted by atomic mass is 16.5. The number of nitrogens with one attached hydrogen (secondary N) is 1. The fraction of sp³-hybridized carbons (Fsp3) is 0.929. The molecule has 1 saturated carbocycles. The Morgan fingerprint density at radius 3 is 2.63 bits per heavy atom. The zero-order chi connectivity index (χ0) is 14.1. The number of carbonyl (C=O) groups is 1. The van der Waals surface area contributed by atoms with Gasteiger partial charge in [-0.25, -0.2) is 0 Å². The van der Waals surface area contributed by atoms with Gasteiger partial charge in [0.1, 0.15) is 6.10 Å². The van der Waals surface area contributed by atoms with Gasteiger partial charge in [-0.3, -0.25) is 4.79 Å². The number of methoxy groups -OCH3 is 1. The number of amides is 1. The van der Waals surface area contributed by atoms with Gasteiger partial charge >= 0.3 is 0 Å². The number of nitrogens with two attached hydrogens (primary N) is 1. The molecule has 5 heteroatoms. The summed E-state index contributed by atoms with van der Waals surface area (Å²) in [4.78, 5) is 11.9. The van der Waals surface area contributed by atoms with E-state index in [1.165, 1.54) is 6.42 Å². The Morgan fingerprint density at radius 1 is 1.37 bits per heavy atom. The normalized spacial score (nSPS) is 19.9. The molecule has 0 aliphatic heterocycles. The molecule has 0 saturated heterocycles. The lowest BCUT2D eigenvalue weighted by Crippen LogP contribution is -2.48. The van der Waals surface area contributed by atoms with Gasteiger partial charge in [-0.2, -0.15) is 0 Å². The van der Waals surface area contributed by atoms with Crippen molar-refractivity contribution < 1.29 is 14.3 Å². The molecule has 3 N–H and O–H groups in total. The van der Waals surface area contributed by atoms with Crippen molar-refractivity contribution in [3.05, 3.63) is 0 Å². The quantitative estimate of drug-likeness (QED) is 0.651. The largest absolute Gasteiger partial charge is 0.385 e. The third-order valence-corrected chi connectivity index (χ3v) is 3.76. The average molecular weight is 272 g/mol. The van der Waals surface area contributed by atoms with Gasteiger partial charge in [-0.15, -0.1) is 0 Å². The van der Waals surface area contributed by atoms with Crippen molar-refractivity contribution in [2.24, 2.45) is 5.73 Å². The Morgan fingerprint density at radius 2 is 2.05 bits per heavy atom. The summed E-state index contributed by atoms with van der Waals surface area (Å²) >= 11 is 0. The molecule has 1 rings (SSSR count). The lowest BCUT2D eigenvalue weighted by molar-refractivity contribution is -0.149. The van der Waals surface area contributed by atoms with Crippen LogP contribution in [0.3, 0.4) is 0 Å². The second-order valence-electron chi connectivity index (χ2n) is 5.35. The summed E-state index contributed by atoms with van der Waals surface area (Å²) in [7, 11) is 1.65. The predicted octanol–water partition coefficient (Wildman–Crippen LogP) is 1.21. The summed E-state index contributed by atoms with van der Waals surface area (Å²) < 4.78 is 10.9. The first-order valence-electron chi connectivity index (χ1n) is 7.28. The molecule has 1 aliphatic carbocycles. The minimum atomic E-state index is -0.441. The molecule has 1 amide bonds. The number of ether oxygens (including phenoxy) is 2. The van der Waals surface area contributed by atoms with Crippen LogP contribution in [0.5, 0.6) is 0 Å². The van der Waals surface area contributed by atoms with Crippen LogP contribution in [-0.4, -0.2) is 44.4 Å². The first-order valence-corrected chi connectivity index (χ1v) is 7.28. The summed E-state index contributed by atoms with van der Waals surface area (Å²) in [5.41, 5.74) is 5.56. The van der Waals surface area contributed by atoms with Crippen molar-refractivity contribution in [2.45, 2.75) is 57.2 Å². The minimum Gasteiger partial charge on any atom is -0.385 e. The van der Waals surface area contributed by atoms with E-state index in [4.69, 9.17) is 15.2 Å². The van der Waals surface area contributed by atoms with E-state index in [0.29, 0.717) is 19.7 Å². The van der Waals surface area contributed by atoms with E-state index < -0.39 is 6.10 Å². The van der Waals surface area contributed by atoms with Crippen molar-refractivity contribution in [3.8, 4) is 0 Å². The summed E-state index contributed by atoms with van der Waals surface area (Å²) in [5.74, 6) is -0.0606. The second kappa shape index (κ2) is 8.51. The topological polar surface area (TPSA) is 73.6 Å². The Hall–Kier alpha value is -0.650. The predicted molar refractivity (Wildman–Crippen MR) is 74.9 cm³/mol. The molecule has 5 nitrogen and oxygen atoms in total. The fourth-order valence-electron chi connectivity index (χ4n) is 2.57. The summed E-state index contributed by atoms with van der Waals surface area (Å²) in [6.07, 6.45) is 5.82. The Kier molecular flexibility index (Phi) is 7.34. The van der Waals surface area contributed by atoms with E-state index in [1.807, 2.05) is 0 Å². The smallest absolute Gasteiger partial charge is 0.248 e. The van der Waals surface area contributed by atoms with Crippen molar-refractivity contribution in [3.63, 3.8) is 0 Å². The van der Waals surface area contributed by atoms with Crippen LogP contribution in [0.15, 0.2) is 0 Å². The van der Waals surface area contributed by atoms with Gasteiger partial charge in [0.25, 0.3) is 0 Å². The maximum Gasteiger partial charge on any atom is 0.248 e. The summed E-state index contributed by atoms with van der Waals surface area (Å²) in [5, 5.41) is 2.86. The lowest BCUT2D eigenvalue weighted by atomic mass is 9.84. The molecule has 0 spiro atoms. The maximum absolute atomic E-state index is 11.9. The first kappa shape index (κ1) is 16.4. The number of hydrogen-bond donors (Lipinski definition) is 2. The fourth-order valence-corrected chi connectivity index (χ4v) is 2.57. The van der Waals surface area contributed by atoms with Gasteiger partial charge in [0.05, 0.1) is 5.60 Å². The van der Waals surface area contributed by atoms with Crippen molar-refractivity contribution in [2.75, 3.05) is 26.8 Å². The highest BCUT2D eigenvalue weighted by molar-refractivity contribution is 5.80. The third kappa shape index (κ3) is 5.47. The van der Waals surface area contributed by atoms with E-state index in [0.717, 1.165) is 32.1 Å². The van der Waals surface area contributed by atoms with Gasteiger partial charge in [0.2, 0.25) is 5.91 Å². The van der Waals surface area contributed by atoms with Crippen LogP contribution in [-0.2, 0) is 14.3 Å². The highest BCUT2D eigenvalue weighted by Crippen LogP contribution is 2.31. The van der Waals surface area contributed by atoms with Crippen LogP contribution in [0, 0.1) is 0 Å². The van der Waals surface area contributed by atoms with Crippen LogP contribution >= 0.6 is 0 Å². The molecule has 0 radical (unpaired) electrons. The molecule has 1 aliphatic rings. The minimum absolute atomic E-state index is 0.0606. The van der Waals surface area contributed by atoms with Crippen molar-refractivity contribution >= 4 is 5.91 Å². The first-order chi connectivity index (χ1) is 9.13. The van der Waals surface area contributed by atoms with E-state index in [2.05, 4.69) is 5.32 Å². The second-order valence-corrected chi connectivity index (χ2v) is 5.35. The van der Waals surface area contributed by atoms with Gasteiger partial charge in [0.15, 0.2) is 0 Å². The van der Waals surface area contributed by atoms with Gasteiger partial charge in [0, 0.05) is 26.8 Å².